The molecule has 0 amide bonds. The Bertz CT molecular complexity index is 623. The van der Waals surface area contributed by atoms with Gasteiger partial charge in [0, 0.05) is 7.11 Å². The molecule has 1 aromatic rings. The third kappa shape index (κ3) is 3.15. The number of ether oxygens (including phenoxy) is 1. The molecule has 1 aromatic carbocycles. The van der Waals surface area contributed by atoms with E-state index in [9.17, 15) is 14.9 Å². The van der Waals surface area contributed by atoms with Gasteiger partial charge in [-0.1, -0.05) is 36.4 Å². The maximum atomic E-state index is 11.0. The average molecular weight is 305 g/mol. The number of rotatable bonds is 6. The summed E-state index contributed by atoms with van der Waals surface area (Å²) in [6, 6.07) is 6.97. The fourth-order valence-corrected chi connectivity index (χ4v) is 2.35. The zero-order chi connectivity index (χ0) is 16.2. The Morgan fingerprint density at radius 2 is 2.00 bits per heavy atom. The van der Waals surface area contributed by atoms with Crippen molar-refractivity contribution in [2.45, 2.75) is 12.2 Å². The Labute approximate surface area is 126 Å². The third-order valence-electron chi connectivity index (χ3n) is 3.49. The molecule has 1 N–H and O–H groups in total. The molecular weight excluding hydrogens is 290 g/mol. The van der Waals surface area contributed by atoms with Crippen molar-refractivity contribution in [1.29, 1.82) is 0 Å². The van der Waals surface area contributed by atoms with Crippen LogP contribution in [0.25, 0.3) is 0 Å². The van der Waals surface area contributed by atoms with Crippen molar-refractivity contribution in [3.63, 3.8) is 0 Å². The van der Waals surface area contributed by atoms with E-state index in [4.69, 9.17) is 9.84 Å². The Morgan fingerprint density at radius 1 is 1.36 bits per heavy atom. The maximum absolute atomic E-state index is 11.0. The van der Waals surface area contributed by atoms with E-state index in [1.807, 2.05) is 0 Å². The molecule has 0 spiro atoms. The highest BCUT2D eigenvalue weighted by atomic mass is 16.9. The number of hydrogen-bond donors (Lipinski definition) is 1. The molecule has 0 atom stereocenters. The lowest BCUT2D eigenvalue weighted by Crippen LogP contribution is -2.29. The number of carboxylic acid groups (broad SMARTS) is 1. The van der Waals surface area contributed by atoms with Crippen LogP contribution in [0.1, 0.15) is 11.1 Å². The van der Waals surface area contributed by atoms with Gasteiger partial charge in [-0.2, -0.15) is 0 Å². The van der Waals surface area contributed by atoms with Crippen molar-refractivity contribution in [3.8, 4) is 0 Å². The first kappa shape index (κ1) is 15.7. The quantitative estimate of drug-likeness (QED) is 0.490. The molecule has 0 fully saturated rings. The number of methoxy groups -OCH3 is 1. The van der Waals surface area contributed by atoms with Crippen LogP contribution in [0, 0.1) is 16.0 Å². The van der Waals surface area contributed by atoms with Gasteiger partial charge in [0.25, 0.3) is 5.09 Å². The number of carboxylic acids is 1. The predicted molar refractivity (Wildman–Crippen MR) is 76.3 cm³/mol. The first-order valence-electron chi connectivity index (χ1n) is 6.51. The fourth-order valence-electron chi connectivity index (χ4n) is 2.35. The summed E-state index contributed by atoms with van der Waals surface area (Å²) in [6.45, 7) is -0.210. The Morgan fingerprint density at radius 3 is 2.55 bits per heavy atom. The number of aliphatic carboxylic acids is 1. The normalized spacial score (nSPS) is 23.2. The SMILES string of the molecule is COC1(c2ccccc2CO[N+](=O)[O-])C=CC(C(=O)O)C=C1. The van der Waals surface area contributed by atoms with Crippen molar-refractivity contribution in [2.75, 3.05) is 7.11 Å². The van der Waals surface area contributed by atoms with Gasteiger partial charge in [-0.3, -0.25) is 4.79 Å². The first-order valence-corrected chi connectivity index (χ1v) is 6.51. The van der Waals surface area contributed by atoms with Crippen LogP contribution < -0.4 is 0 Å². The minimum Gasteiger partial charge on any atom is -0.481 e. The lowest BCUT2D eigenvalue weighted by atomic mass is 9.84. The van der Waals surface area contributed by atoms with Gasteiger partial charge in [0.15, 0.2) is 0 Å². The average Bonchev–Trinajstić information content (AvgIpc) is 2.53. The van der Waals surface area contributed by atoms with Crippen molar-refractivity contribution in [3.05, 3.63) is 69.8 Å². The van der Waals surface area contributed by atoms with Crippen molar-refractivity contribution in [1.82, 2.24) is 0 Å². The van der Waals surface area contributed by atoms with Crippen molar-refractivity contribution in [2.24, 2.45) is 5.92 Å². The van der Waals surface area contributed by atoms with E-state index in [0.717, 1.165) is 0 Å². The molecule has 0 heterocycles. The minimum atomic E-state index is -0.970. The molecule has 0 saturated carbocycles. The molecule has 0 saturated heterocycles. The van der Waals surface area contributed by atoms with Gasteiger partial charge in [0.1, 0.15) is 12.2 Å². The molecule has 0 aliphatic heterocycles. The van der Waals surface area contributed by atoms with Gasteiger partial charge in [-0.15, -0.1) is 10.1 Å². The molecule has 22 heavy (non-hydrogen) atoms. The number of benzene rings is 1. The topological polar surface area (TPSA) is 98.9 Å². The van der Waals surface area contributed by atoms with Crippen molar-refractivity contribution < 1.29 is 24.6 Å². The second-order valence-electron chi connectivity index (χ2n) is 4.73. The molecule has 7 nitrogen and oxygen atoms in total. The van der Waals surface area contributed by atoms with E-state index in [-0.39, 0.29) is 6.61 Å². The van der Waals surface area contributed by atoms with Crippen LogP contribution in [0.3, 0.4) is 0 Å². The first-order chi connectivity index (χ1) is 10.5. The second-order valence-corrected chi connectivity index (χ2v) is 4.73. The van der Waals surface area contributed by atoms with E-state index in [2.05, 4.69) is 4.84 Å². The Kier molecular flexibility index (Phi) is 4.57. The molecular formula is C15H15NO6. The van der Waals surface area contributed by atoms with Crippen LogP contribution >= 0.6 is 0 Å². The smallest absolute Gasteiger partial charge is 0.314 e. The lowest BCUT2D eigenvalue weighted by molar-refractivity contribution is -0.763. The van der Waals surface area contributed by atoms with Gasteiger partial charge in [-0.05, 0) is 23.3 Å². The monoisotopic (exact) mass is 305 g/mol. The summed E-state index contributed by atoms with van der Waals surface area (Å²) >= 11 is 0. The summed E-state index contributed by atoms with van der Waals surface area (Å²) in [5.41, 5.74) is 0.280. The maximum Gasteiger partial charge on any atom is 0.314 e. The second kappa shape index (κ2) is 6.40. The van der Waals surface area contributed by atoms with E-state index >= 15 is 0 Å². The van der Waals surface area contributed by atoms with Crippen LogP contribution in [0.4, 0.5) is 0 Å². The lowest BCUT2D eigenvalue weighted by Gasteiger charge is -2.31. The van der Waals surface area contributed by atoms with E-state index < -0.39 is 22.6 Å². The number of hydrogen-bond acceptors (Lipinski definition) is 5. The van der Waals surface area contributed by atoms with E-state index in [0.29, 0.717) is 11.1 Å². The van der Waals surface area contributed by atoms with Crippen LogP contribution in [-0.4, -0.2) is 23.3 Å². The van der Waals surface area contributed by atoms with Gasteiger partial charge in [0.2, 0.25) is 0 Å². The predicted octanol–water partition coefficient (Wildman–Crippen LogP) is 2.06. The van der Waals surface area contributed by atoms with Gasteiger partial charge >= 0.3 is 5.97 Å². The van der Waals surface area contributed by atoms with Crippen LogP contribution in [-0.2, 0) is 26.6 Å². The summed E-state index contributed by atoms with van der Waals surface area (Å²) in [7, 11) is 1.49. The largest absolute Gasteiger partial charge is 0.481 e. The zero-order valence-electron chi connectivity index (χ0n) is 11.8. The van der Waals surface area contributed by atoms with Crippen LogP contribution in [0.15, 0.2) is 48.6 Å². The summed E-state index contributed by atoms with van der Waals surface area (Å²) < 4.78 is 5.55. The van der Waals surface area contributed by atoms with Crippen LogP contribution in [0.5, 0.6) is 0 Å². The highest BCUT2D eigenvalue weighted by Crippen LogP contribution is 2.35. The van der Waals surface area contributed by atoms with Gasteiger partial charge < -0.3 is 14.7 Å². The zero-order valence-corrected chi connectivity index (χ0v) is 11.8. The molecule has 1 aliphatic carbocycles. The minimum absolute atomic E-state index is 0.210. The van der Waals surface area contributed by atoms with E-state index in [1.165, 1.54) is 19.3 Å². The summed E-state index contributed by atoms with van der Waals surface area (Å²) in [5.74, 6) is -1.67. The molecule has 7 heteroatoms. The summed E-state index contributed by atoms with van der Waals surface area (Å²) in [6.07, 6.45) is 6.32. The molecule has 0 radical (unpaired) electrons. The number of nitrogens with zero attached hydrogens (tertiary/aromatic N) is 1. The van der Waals surface area contributed by atoms with Crippen molar-refractivity contribution >= 4 is 5.97 Å². The molecule has 0 aromatic heterocycles. The number of carbonyl (C=O) groups is 1. The van der Waals surface area contributed by atoms with Gasteiger partial charge in [-0.25, -0.2) is 0 Å². The summed E-state index contributed by atoms with van der Waals surface area (Å²) in [4.78, 5) is 25.8. The standard InChI is InChI=1S/C15H15NO6/c1-21-15(8-6-11(7-9-15)14(17)18)13-5-3-2-4-12(13)10-22-16(19)20/h2-9,11H,10H2,1H3,(H,17,18). The highest BCUT2D eigenvalue weighted by Gasteiger charge is 2.32. The Hall–Kier alpha value is -2.67. The molecule has 0 bridgehead atoms. The third-order valence-corrected chi connectivity index (χ3v) is 3.49. The summed E-state index contributed by atoms with van der Waals surface area (Å²) in [5, 5.41) is 18.5. The molecule has 1 aliphatic rings. The fraction of sp³-hybridized carbons (Fsp3) is 0.267. The van der Waals surface area contributed by atoms with Crippen LogP contribution in [0.2, 0.25) is 0 Å². The van der Waals surface area contributed by atoms with Gasteiger partial charge in [0.05, 0.1) is 5.92 Å². The molecule has 0 unspecified atom stereocenters. The van der Waals surface area contributed by atoms with E-state index in [1.54, 1.807) is 36.4 Å². The Balaban J connectivity index is 2.37. The highest BCUT2D eigenvalue weighted by molar-refractivity contribution is 5.75. The molecule has 2 rings (SSSR count). The molecule has 116 valence electrons.